The highest BCUT2D eigenvalue weighted by molar-refractivity contribution is 5.24. The van der Waals surface area contributed by atoms with Crippen LogP contribution in [-0.2, 0) is 6.42 Å². The predicted molar refractivity (Wildman–Crippen MR) is 77.2 cm³/mol. The van der Waals surface area contributed by atoms with Crippen molar-refractivity contribution in [1.82, 2.24) is 10.2 Å². The number of likely N-dealkylation sites (tertiary alicyclic amines) is 1. The van der Waals surface area contributed by atoms with Gasteiger partial charge in [0.1, 0.15) is 5.76 Å². The molecule has 2 heterocycles. The van der Waals surface area contributed by atoms with Gasteiger partial charge < -0.3 is 14.6 Å². The van der Waals surface area contributed by atoms with Crippen molar-refractivity contribution in [2.75, 3.05) is 20.1 Å². The standard InChI is InChI=1S/C16H26N2O/c1-12(13-5-4-9-18(2)11-13)17-15-6-3-7-16-14(15)8-10-19-16/h8,10,12-13,15,17H,3-7,9,11H2,1-2H3. The van der Waals surface area contributed by atoms with Gasteiger partial charge in [0.25, 0.3) is 0 Å². The van der Waals surface area contributed by atoms with Gasteiger partial charge in [0.2, 0.25) is 0 Å². The third-order valence-corrected chi connectivity index (χ3v) is 4.88. The molecule has 3 nitrogen and oxygen atoms in total. The molecule has 1 aliphatic heterocycles. The van der Waals surface area contributed by atoms with Crippen LogP contribution in [0.1, 0.15) is 50.0 Å². The molecule has 0 amide bonds. The maximum atomic E-state index is 5.58. The van der Waals surface area contributed by atoms with Gasteiger partial charge >= 0.3 is 0 Å². The highest BCUT2D eigenvalue weighted by Crippen LogP contribution is 2.32. The Hall–Kier alpha value is -0.800. The molecule has 1 aromatic heterocycles. The molecule has 3 rings (SSSR count). The summed E-state index contributed by atoms with van der Waals surface area (Å²) >= 11 is 0. The van der Waals surface area contributed by atoms with Crippen LogP contribution in [0.15, 0.2) is 16.7 Å². The first-order valence-electron chi connectivity index (χ1n) is 7.75. The summed E-state index contributed by atoms with van der Waals surface area (Å²) in [6, 6.07) is 3.25. The van der Waals surface area contributed by atoms with Crippen molar-refractivity contribution in [3.8, 4) is 0 Å². The second-order valence-corrected chi connectivity index (χ2v) is 6.36. The number of furan rings is 1. The van der Waals surface area contributed by atoms with Gasteiger partial charge in [0.15, 0.2) is 0 Å². The molecular weight excluding hydrogens is 236 g/mol. The Bertz CT molecular complexity index is 415. The zero-order valence-electron chi connectivity index (χ0n) is 12.2. The molecule has 3 unspecified atom stereocenters. The molecule has 19 heavy (non-hydrogen) atoms. The van der Waals surface area contributed by atoms with E-state index in [4.69, 9.17) is 4.42 Å². The van der Waals surface area contributed by atoms with E-state index in [1.54, 1.807) is 0 Å². The molecule has 3 heteroatoms. The monoisotopic (exact) mass is 262 g/mol. The fourth-order valence-electron chi connectivity index (χ4n) is 3.73. The number of fused-ring (bicyclic) bond motifs is 1. The van der Waals surface area contributed by atoms with E-state index in [2.05, 4.69) is 30.3 Å². The fraction of sp³-hybridized carbons (Fsp3) is 0.750. The average Bonchev–Trinajstić information content (AvgIpc) is 2.88. The smallest absolute Gasteiger partial charge is 0.108 e. The van der Waals surface area contributed by atoms with Crippen LogP contribution in [0.25, 0.3) is 0 Å². The Labute approximate surface area is 116 Å². The van der Waals surface area contributed by atoms with Gasteiger partial charge in [-0.2, -0.15) is 0 Å². The number of aryl methyl sites for hydroxylation is 1. The summed E-state index contributed by atoms with van der Waals surface area (Å²) in [6.07, 6.45) is 8.16. The topological polar surface area (TPSA) is 28.4 Å². The lowest BCUT2D eigenvalue weighted by molar-refractivity contribution is 0.170. The first kappa shape index (κ1) is 13.2. The second kappa shape index (κ2) is 5.68. The van der Waals surface area contributed by atoms with Crippen LogP contribution in [0.2, 0.25) is 0 Å². The van der Waals surface area contributed by atoms with Crippen molar-refractivity contribution < 1.29 is 4.42 Å². The summed E-state index contributed by atoms with van der Waals surface area (Å²) in [5, 5.41) is 3.86. The van der Waals surface area contributed by atoms with Crippen molar-refractivity contribution in [2.45, 2.75) is 51.1 Å². The van der Waals surface area contributed by atoms with Crippen LogP contribution >= 0.6 is 0 Å². The van der Waals surface area contributed by atoms with Crippen LogP contribution < -0.4 is 5.32 Å². The maximum absolute atomic E-state index is 5.58. The number of nitrogens with one attached hydrogen (secondary N) is 1. The third kappa shape index (κ3) is 2.87. The van der Waals surface area contributed by atoms with Crippen molar-refractivity contribution in [3.05, 3.63) is 23.7 Å². The molecule has 2 aliphatic rings. The molecule has 0 radical (unpaired) electrons. The van der Waals surface area contributed by atoms with Gasteiger partial charge in [0, 0.05) is 30.6 Å². The fourth-order valence-corrected chi connectivity index (χ4v) is 3.73. The van der Waals surface area contributed by atoms with Gasteiger partial charge in [-0.1, -0.05) is 0 Å². The highest BCUT2D eigenvalue weighted by atomic mass is 16.3. The van der Waals surface area contributed by atoms with E-state index in [9.17, 15) is 0 Å². The molecule has 1 saturated heterocycles. The molecule has 0 spiro atoms. The molecular formula is C16H26N2O. The average molecular weight is 262 g/mol. The quantitative estimate of drug-likeness (QED) is 0.908. The van der Waals surface area contributed by atoms with E-state index in [1.807, 2.05) is 6.26 Å². The van der Waals surface area contributed by atoms with E-state index in [0.717, 1.165) is 12.3 Å². The van der Waals surface area contributed by atoms with Gasteiger partial charge in [-0.25, -0.2) is 0 Å². The molecule has 0 bridgehead atoms. The molecule has 3 atom stereocenters. The summed E-state index contributed by atoms with van der Waals surface area (Å²) < 4.78 is 5.58. The lowest BCUT2D eigenvalue weighted by Crippen LogP contribution is -2.44. The number of hydrogen-bond donors (Lipinski definition) is 1. The van der Waals surface area contributed by atoms with E-state index in [0.29, 0.717) is 12.1 Å². The van der Waals surface area contributed by atoms with E-state index >= 15 is 0 Å². The Morgan fingerprint density at radius 1 is 1.37 bits per heavy atom. The minimum absolute atomic E-state index is 0.504. The molecule has 1 N–H and O–H groups in total. The van der Waals surface area contributed by atoms with E-state index in [-0.39, 0.29) is 0 Å². The van der Waals surface area contributed by atoms with Crippen molar-refractivity contribution in [3.63, 3.8) is 0 Å². The van der Waals surface area contributed by atoms with Crippen molar-refractivity contribution in [2.24, 2.45) is 5.92 Å². The van der Waals surface area contributed by atoms with Crippen LogP contribution in [0.4, 0.5) is 0 Å². The van der Waals surface area contributed by atoms with Crippen molar-refractivity contribution in [1.29, 1.82) is 0 Å². The lowest BCUT2D eigenvalue weighted by atomic mass is 9.88. The van der Waals surface area contributed by atoms with Gasteiger partial charge in [-0.15, -0.1) is 0 Å². The number of nitrogens with zero attached hydrogens (tertiary/aromatic N) is 1. The first-order chi connectivity index (χ1) is 9.24. The lowest BCUT2D eigenvalue weighted by Gasteiger charge is -2.36. The second-order valence-electron chi connectivity index (χ2n) is 6.36. The van der Waals surface area contributed by atoms with Crippen LogP contribution in [0.5, 0.6) is 0 Å². The maximum Gasteiger partial charge on any atom is 0.108 e. The van der Waals surface area contributed by atoms with Crippen molar-refractivity contribution >= 4 is 0 Å². The summed E-state index contributed by atoms with van der Waals surface area (Å²) in [5.41, 5.74) is 1.40. The highest BCUT2D eigenvalue weighted by Gasteiger charge is 2.28. The van der Waals surface area contributed by atoms with Gasteiger partial charge in [0.05, 0.1) is 6.26 Å². The minimum atomic E-state index is 0.504. The SMILES string of the molecule is CC(NC1CCCc2occc21)C1CCCN(C)C1. The zero-order valence-corrected chi connectivity index (χ0v) is 12.2. The van der Waals surface area contributed by atoms with Gasteiger partial charge in [-0.3, -0.25) is 0 Å². The molecule has 0 saturated carbocycles. The summed E-state index contributed by atoms with van der Waals surface area (Å²) in [6.45, 7) is 4.86. The number of rotatable bonds is 3. The largest absolute Gasteiger partial charge is 0.469 e. The Balaban J connectivity index is 1.62. The Morgan fingerprint density at radius 3 is 3.11 bits per heavy atom. The minimum Gasteiger partial charge on any atom is -0.469 e. The Kier molecular flexibility index (Phi) is 3.94. The van der Waals surface area contributed by atoms with Crippen LogP contribution in [0.3, 0.4) is 0 Å². The molecule has 1 fully saturated rings. The predicted octanol–water partition coefficient (Wildman–Crippen LogP) is 2.98. The third-order valence-electron chi connectivity index (χ3n) is 4.88. The van der Waals surface area contributed by atoms with Crippen LogP contribution in [0, 0.1) is 5.92 Å². The molecule has 0 aromatic carbocycles. The normalized spacial score (nSPS) is 30.0. The summed E-state index contributed by atoms with van der Waals surface area (Å²) in [5.74, 6) is 1.99. The molecule has 1 aromatic rings. The van der Waals surface area contributed by atoms with E-state index < -0.39 is 0 Å². The Morgan fingerprint density at radius 2 is 2.26 bits per heavy atom. The summed E-state index contributed by atoms with van der Waals surface area (Å²) in [4.78, 5) is 2.47. The van der Waals surface area contributed by atoms with Crippen LogP contribution in [-0.4, -0.2) is 31.1 Å². The number of piperidine rings is 1. The summed E-state index contributed by atoms with van der Waals surface area (Å²) in [7, 11) is 2.24. The van der Waals surface area contributed by atoms with Gasteiger partial charge in [-0.05, 0) is 58.2 Å². The first-order valence-corrected chi connectivity index (χ1v) is 7.75. The molecule has 106 valence electrons. The van der Waals surface area contributed by atoms with E-state index in [1.165, 1.54) is 50.1 Å². The zero-order chi connectivity index (χ0) is 13.2. The molecule has 1 aliphatic carbocycles. The number of hydrogen-bond acceptors (Lipinski definition) is 3.